The molecule has 0 aliphatic carbocycles. The second kappa shape index (κ2) is 11.0. The summed E-state index contributed by atoms with van der Waals surface area (Å²) in [5, 5.41) is 9.57. The minimum atomic E-state index is -0.619. The first kappa shape index (κ1) is 18.4. The average molecular weight is 329 g/mol. The SMILES string of the molecule is CCOC(=S)SC(COCC(O)CN)Cc1ccccc1. The first-order valence-electron chi connectivity index (χ1n) is 6.98. The van der Waals surface area contributed by atoms with Gasteiger partial charge in [-0.15, -0.1) is 0 Å². The van der Waals surface area contributed by atoms with Crippen LogP contribution in [-0.2, 0) is 15.9 Å². The number of nitrogens with two attached hydrogens (primary N) is 1. The molecule has 0 radical (unpaired) electrons. The smallest absolute Gasteiger partial charge is 0.220 e. The van der Waals surface area contributed by atoms with Gasteiger partial charge in [-0.3, -0.25) is 0 Å². The van der Waals surface area contributed by atoms with E-state index >= 15 is 0 Å². The van der Waals surface area contributed by atoms with Crippen LogP contribution in [0.25, 0.3) is 0 Å². The molecule has 0 aliphatic heterocycles. The predicted octanol–water partition coefficient (Wildman–Crippen LogP) is 1.99. The maximum absolute atomic E-state index is 9.42. The third kappa shape index (κ3) is 8.38. The number of ether oxygens (including phenoxy) is 2. The summed E-state index contributed by atoms with van der Waals surface area (Å²) in [6.07, 6.45) is 0.212. The van der Waals surface area contributed by atoms with Crippen molar-refractivity contribution in [1.82, 2.24) is 0 Å². The average Bonchev–Trinajstić information content (AvgIpc) is 2.48. The number of rotatable bonds is 9. The van der Waals surface area contributed by atoms with Gasteiger partial charge >= 0.3 is 0 Å². The number of thiocarbonyl (C=S) groups is 1. The van der Waals surface area contributed by atoms with Crippen molar-refractivity contribution in [3.63, 3.8) is 0 Å². The Labute approximate surface area is 136 Å². The van der Waals surface area contributed by atoms with Crippen molar-refractivity contribution < 1.29 is 14.6 Å². The molecule has 0 amide bonds. The van der Waals surface area contributed by atoms with Crippen molar-refractivity contribution in [2.45, 2.75) is 24.7 Å². The Balaban J connectivity index is 2.50. The first-order chi connectivity index (χ1) is 10.2. The van der Waals surface area contributed by atoms with Crippen LogP contribution in [0.3, 0.4) is 0 Å². The number of benzene rings is 1. The molecular weight excluding hydrogens is 306 g/mol. The highest BCUT2D eigenvalue weighted by Gasteiger charge is 2.15. The molecule has 0 aliphatic rings. The van der Waals surface area contributed by atoms with Gasteiger partial charge < -0.3 is 20.3 Å². The predicted molar refractivity (Wildman–Crippen MR) is 91.6 cm³/mol. The summed E-state index contributed by atoms with van der Waals surface area (Å²) in [5.41, 5.74) is 6.58. The van der Waals surface area contributed by atoms with Gasteiger partial charge in [0, 0.05) is 11.8 Å². The highest BCUT2D eigenvalue weighted by atomic mass is 32.2. The zero-order valence-electron chi connectivity index (χ0n) is 12.2. The monoisotopic (exact) mass is 329 g/mol. The lowest BCUT2D eigenvalue weighted by atomic mass is 10.1. The van der Waals surface area contributed by atoms with Crippen molar-refractivity contribution in [3.05, 3.63) is 35.9 Å². The van der Waals surface area contributed by atoms with Crippen LogP contribution in [0.5, 0.6) is 0 Å². The molecule has 0 aromatic heterocycles. The van der Waals surface area contributed by atoms with Gasteiger partial charge in [-0.1, -0.05) is 42.1 Å². The van der Waals surface area contributed by atoms with Crippen LogP contribution in [0, 0.1) is 0 Å². The van der Waals surface area contributed by atoms with Gasteiger partial charge in [0.1, 0.15) is 0 Å². The number of thioether (sulfide) groups is 1. The van der Waals surface area contributed by atoms with Crippen LogP contribution in [0.15, 0.2) is 30.3 Å². The number of aliphatic hydroxyl groups excluding tert-OH is 1. The molecule has 2 atom stereocenters. The molecular formula is C15H23NO3S2. The van der Waals surface area contributed by atoms with E-state index in [1.807, 2.05) is 25.1 Å². The van der Waals surface area contributed by atoms with Crippen molar-refractivity contribution in [2.24, 2.45) is 5.73 Å². The molecule has 0 saturated heterocycles. The molecule has 2 unspecified atom stereocenters. The van der Waals surface area contributed by atoms with Gasteiger partial charge in [0.15, 0.2) is 0 Å². The molecule has 4 nitrogen and oxygen atoms in total. The van der Waals surface area contributed by atoms with E-state index in [-0.39, 0.29) is 18.4 Å². The lowest BCUT2D eigenvalue weighted by Gasteiger charge is -2.18. The van der Waals surface area contributed by atoms with Crippen LogP contribution in [0.2, 0.25) is 0 Å². The van der Waals surface area contributed by atoms with Gasteiger partial charge in [-0.2, -0.15) is 0 Å². The largest absolute Gasteiger partial charge is 0.479 e. The maximum atomic E-state index is 9.42. The molecule has 1 rings (SSSR count). The minimum Gasteiger partial charge on any atom is -0.479 e. The molecule has 118 valence electrons. The van der Waals surface area contributed by atoms with Crippen LogP contribution < -0.4 is 5.73 Å². The highest BCUT2D eigenvalue weighted by Crippen LogP contribution is 2.20. The van der Waals surface area contributed by atoms with Crippen LogP contribution in [-0.4, -0.2) is 47.2 Å². The maximum Gasteiger partial charge on any atom is 0.220 e. The Kier molecular flexibility index (Phi) is 9.62. The van der Waals surface area contributed by atoms with E-state index in [1.54, 1.807) is 0 Å². The van der Waals surface area contributed by atoms with Gasteiger partial charge in [0.05, 0.1) is 25.9 Å². The van der Waals surface area contributed by atoms with E-state index in [9.17, 15) is 5.11 Å². The van der Waals surface area contributed by atoms with Crippen molar-refractivity contribution in [1.29, 1.82) is 0 Å². The summed E-state index contributed by atoms with van der Waals surface area (Å²) in [6.45, 7) is 3.41. The molecule has 0 bridgehead atoms. The molecule has 3 N–H and O–H groups in total. The van der Waals surface area contributed by atoms with Crippen molar-refractivity contribution in [3.8, 4) is 0 Å². The van der Waals surface area contributed by atoms with Gasteiger partial charge in [0.25, 0.3) is 0 Å². The summed E-state index contributed by atoms with van der Waals surface area (Å²) in [6, 6.07) is 10.2. The quantitative estimate of drug-likeness (QED) is 0.676. The minimum absolute atomic E-state index is 0.149. The number of hydrogen-bond donors (Lipinski definition) is 2. The molecule has 6 heteroatoms. The van der Waals surface area contributed by atoms with E-state index in [1.165, 1.54) is 17.3 Å². The summed E-state index contributed by atoms with van der Waals surface area (Å²) in [7, 11) is 0. The van der Waals surface area contributed by atoms with E-state index < -0.39 is 6.10 Å². The fourth-order valence-corrected chi connectivity index (χ4v) is 3.13. The lowest BCUT2D eigenvalue weighted by Crippen LogP contribution is -2.27. The zero-order chi connectivity index (χ0) is 15.5. The van der Waals surface area contributed by atoms with Crippen LogP contribution in [0.1, 0.15) is 12.5 Å². The fourth-order valence-electron chi connectivity index (χ4n) is 1.70. The van der Waals surface area contributed by atoms with Gasteiger partial charge in [0.2, 0.25) is 4.38 Å². The normalized spacial score (nSPS) is 13.7. The molecule has 1 aromatic carbocycles. The molecule has 1 aromatic rings. The Bertz CT molecular complexity index is 403. The first-order valence-corrected chi connectivity index (χ1v) is 8.27. The fraction of sp³-hybridized carbons (Fsp3) is 0.533. The Morgan fingerprint density at radius 1 is 1.33 bits per heavy atom. The van der Waals surface area contributed by atoms with Gasteiger partial charge in [-0.25, -0.2) is 0 Å². The van der Waals surface area contributed by atoms with E-state index in [4.69, 9.17) is 27.4 Å². The van der Waals surface area contributed by atoms with E-state index in [0.717, 1.165) is 6.42 Å². The molecule has 0 saturated carbocycles. The van der Waals surface area contributed by atoms with E-state index in [2.05, 4.69) is 12.1 Å². The standard InChI is InChI=1S/C15H23NO3S2/c1-2-19-15(20)21-14(11-18-10-13(17)9-16)8-12-6-4-3-5-7-12/h3-7,13-14,17H,2,8-11,16H2,1H3. The van der Waals surface area contributed by atoms with Crippen LogP contribution >= 0.6 is 24.0 Å². The molecule has 0 spiro atoms. The zero-order valence-corrected chi connectivity index (χ0v) is 13.9. The topological polar surface area (TPSA) is 64.7 Å². The molecule has 21 heavy (non-hydrogen) atoms. The molecule has 0 heterocycles. The number of hydrogen-bond acceptors (Lipinski definition) is 6. The number of aliphatic hydroxyl groups is 1. The summed E-state index contributed by atoms with van der Waals surface area (Å²) >= 11 is 6.68. The molecule has 0 fully saturated rings. The second-order valence-electron chi connectivity index (χ2n) is 4.54. The summed E-state index contributed by atoms with van der Waals surface area (Å²) < 4.78 is 11.4. The Hall–Kier alpha value is -0.660. The van der Waals surface area contributed by atoms with E-state index in [0.29, 0.717) is 17.6 Å². The summed E-state index contributed by atoms with van der Waals surface area (Å²) in [4.78, 5) is 0. The van der Waals surface area contributed by atoms with Crippen LogP contribution in [0.4, 0.5) is 0 Å². The third-order valence-corrected chi connectivity index (χ3v) is 4.07. The Morgan fingerprint density at radius 3 is 2.67 bits per heavy atom. The van der Waals surface area contributed by atoms with Crippen molar-refractivity contribution in [2.75, 3.05) is 26.4 Å². The van der Waals surface area contributed by atoms with Crippen molar-refractivity contribution >= 4 is 28.4 Å². The Morgan fingerprint density at radius 2 is 2.05 bits per heavy atom. The second-order valence-corrected chi connectivity index (χ2v) is 6.44. The third-order valence-electron chi connectivity index (χ3n) is 2.72. The highest BCUT2D eigenvalue weighted by molar-refractivity contribution is 8.23. The summed E-state index contributed by atoms with van der Waals surface area (Å²) in [5.74, 6) is 0. The lowest BCUT2D eigenvalue weighted by molar-refractivity contribution is 0.0421. The van der Waals surface area contributed by atoms with Gasteiger partial charge in [-0.05, 0) is 31.1 Å².